The number of hydrogen-bond acceptors (Lipinski definition) is 8. The van der Waals surface area contributed by atoms with Gasteiger partial charge in [-0.15, -0.1) is 5.10 Å². The van der Waals surface area contributed by atoms with Crippen LogP contribution in [0.25, 0.3) is 16.8 Å². The van der Waals surface area contributed by atoms with Crippen molar-refractivity contribution < 1.29 is 27.8 Å². The summed E-state index contributed by atoms with van der Waals surface area (Å²) in [4.78, 5) is 18.6. The van der Waals surface area contributed by atoms with E-state index in [0.717, 1.165) is 5.56 Å². The van der Waals surface area contributed by atoms with Crippen LogP contribution in [0.3, 0.4) is 0 Å². The van der Waals surface area contributed by atoms with Gasteiger partial charge < -0.3 is 24.4 Å². The molecule has 1 atom stereocenters. The highest BCUT2D eigenvalue weighted by molar-refractivity contribution is 5.85. The summed E-state index contributed by atoms with van der Waals surface area (Å²) in [6.07, 6.45) is 0.211. The first-order valence-corrected chi connectivity index (χ1v) is 13.8. The quantitative estimate of drug-likeness (QED) is 0.329. The Morgan fingerprint density at radius 1 is 1.21 bits per heavy atom. The molecule has 3 heterocycles. The van der Waals surface area contributed by atoms with Crippen LogP contribution >= 0.6 is 0 Å². The van der Waals surface area contributed by atoms with Gasteiger partial charge >= 0.3 is 12.0 Å². The maximum absolute atomic E-state index is 15.3. The Morgan fingerprint density at radius 3 is 2.57 bits per heavy atom. The van der Waals surface area contributed by atoms with Crippen LogP contribution in [0.5, 0.6) is 0 Å². The summed E-state index contributed by atoms with van der Waals surface area (Å²) < 4.78 is 47.3. The summed E-state index contributed by atoms with van der Waals surface area (Å²) in [6.45, 7) is 9.92. The normalized spacial score (nSPS) is 17.5. The lowest BCUT2D eigenvalue weighted by Gasteiger charge is -2.29. The highest BCUT2D eigenvalue weighted by Crippen LogP contribution is 2.42. The summed E-state index contributed by atoms with van der Waals surface area (Å²) >= 11 is 0. The van der Waals surface area contributed by atoms with Gasteiger partial charge in [0.2, 0.25) is 5.82 Å². The molecule has 1 fully saturated rings. The largest absolute Gasteiger partial charge is 0.444 e. The number of alkyl carbamates (subject to hydrolysis) is 1. The van der Waals surface area contributed by atoms with Gasteiger partial charge in [0.05, 0.1) is 13.2 Å². The van der Waals surface area contributed by atoms with Crippen molar-refractivity contribution in [3.05, 3.63) is 47.3 Å². The first-order valence-electron chi connectivity index (χ1n) is 13.8. The molecule has 1 saturated heterocycles. The lowest BCUT2D eigenvalue weighted by atomic mass is 9.90. The summed E-state index contributed by atoms with van der Waals surface area (Å²) in [5.74, 6) is -3.67. The van der Waals surface area contributed by atoms with Gasteiger partial charge in [0.25, 0.3) is 0 Å². The second-order valence-corrected chi connectivity index (χ2v) is 11.9. The fourth-order valence-corrected chi connectivity index (χ4v) is 5.07. The van der Waals surface area contributed by atoms with Gasteiger partial charge in [-0.05, 0) is 45.2 Å². The zero-order valence-corrected chi connectivity index (χ0v) is 25.0. The topological polar surface area (TPSA) is 114 Å². The Morgan fingerprint density at radius 2 is 1.93 bits per heavy atom. The molecule has 1 aliphatic heterocycles. The minimum absolute atomic E-state index is 0.00485. The number of rotatable bonds is 10. The number of amides is 1. The Balaban J connectivity index is 1.78. The predicted octanol–water partition coefficient (Wildman–Crippen LogP) is 5.07. The number of nitriles is 1. The number of benzene rings is 1. The first kappa shape index (κ1) is 31.1. The van der Waals surface area contributed by atoms with Crippen LogP contribution in [-0.2, 0) is 20.1 Å². The number of ether oxygens (including phenoxy) is 3. The molecule has 0 aliphatic carbocycles. The zero-order chi connectivity index (χ0) is 30.7. The van der Waals surface area contributed by atoms with Crippen LogP contribution in [0.2, 0.25) is 0 Å². The zero-order valence-electron chi connectivity index (χ0n) is 25.0. The number of nitrogens with one attached hydrogen (secondary N) is 1. The molecule has 226 valence electrons. The molecule has 12 heteroatoms. The van der Waals surface area contributed by atoms with E-state index in [1.54, 1.807) is 27.7 Å². The average molecular weight is 585 g/mol. The molecule has 0 spiro atoms. The highest BCUT2D eigenvalue weighted by atomic mass is 19.3. The number of carbonyl (C=O) groups is 1. The third-order valence-corrected chi connectivity index (χ3v) is 7.14. The standard InChI is InChI=1S/C30H38F2N6O4/c1-20-22(16-33)24-35-26(30(31,32)19-41-15-14-40-6)36-38(24)25(23(20)21-10-8-7-9-11-21)37-13-12-29(5,18-37)17-34-27(39)42-28(2,3)4/h7-11H,12-15,17-19H2,1-6H3,(H,34,39)/t29-/m0/s1. The van der Waals surface area contributed by atoms with E-state index >= 15 is 8.78 Å². The molecule has 0 saturated carbocycles. The molecule has 0 unspecified atom stereocenters. The first-order chi connectivity index (χ1) is 19.8. The number of hydrogen-bond donors (Lipinski definition) is 1. The van der Waals surface area contributed by atoms with E-state index in [4.69, 9.17) is 14.2 Å². The summed E-state index contributed by atoms with van der Waals surface area (Å²) in [5.41, 5.74) is 1.39. The molecule has 1 amide bonds. The van der Waals surface area contributed by atoms with Crippen molar-refractivity contribution in [2.45, 2.75) is 52.6 Å². The lowest BCUT2D eigenvalue weighted by molar-refractivity contribution is -0.0944. The van der Waals surface area contributed by atoms with E-state index < -0.39 is 30.0 Å². The molecule has 1 aromatic carbocycles. The van der Waals surface area contributed by atoms with Gasteiger partial charge in [0, 0.05) is 37.7 Å². The molecule has 1 aliphatic rings. The maximum atomic E-state index is 15.3. The van der Waals surface area contributed by atoms with Crippen LogP contribution < -0.4 is 10.2 Å². The second-order valence-electron chi connectivity index (χ2n) is 11.9. The van der Waals surface area contributed by atoms with E-state index in [2.05, 4.69) is 33.3 Å². The Bertz CT molecular complexity index is 1460. The number of carbonyl (C=O) groups excluding carboxylic acids is 1. The van der Waals surface area contributed by atoms with Crippen LogP contribution in [0, 0.1) is 23.7 Å². The average Bonchev–Trinajstić information content (AvgIpc) is 3.54. The van der Waals surface area contributed by atoms with Crippen molar-refractivity contribution in [2.24, 2.45) is 5.41 Å². The fraction of sp³-hybridized carbons (Fsp3) is 0.533. The highest BCUT2D eigenvalue weighted by Gasteiger charge is 2.41. The van der Waals surface area contributed by atoms with Gasteiger partial charge in [0.15, 0.2) is 5.65 Å². The SMILES string of the molecule is COCCOCC(F)(F)c1nc2c(C#N)c(C)c(-c3ccccc3)c(N3CC[C@@](C)(CNC(=O)OC(C)(C)C)C3)n2n1. The molecule has 42 heavy (non-hydrogen) atoms. The van der Waals surface area contributed by atoms with Crippen molar-refractivity contribution >= 4 is 17.6 Å². The monoisotopic (exact) mass is 584 g/mol. The van der Waals surface area contributed by atoms with Crippen molar-refractivity contribution in [3.63, 3.8) is 0 Å². The van der Waals surface area contributed by atoms with Gasteiger partial charge in [-0.2, -0.15) is 18.6 Å². The Kier molecular flexibility index (Phi) is 9.03. The van der Waals surface area contributed by atoms with E-state index in [1.165, 1.54) is 11.6 Å². The van der Waals surface area contributed by atoms with Gasteiger partial charge in [-0.3, -0.25) is 0 Å². The lowest BCUT2D eigenvalue weighted by Crippen LogP contribution is -2.40. The Labute approximate surface area is 244 Å². The summed E-state index contributed by atoms with van der Waals surface area (Å²) in [5, 5.41) is 17.3. The van der Waals surface area contributed by atoms with Gasteiger partial charge in [0.1, 0.15) is 29.7 Å². The third-order valence-electron chi connectivity index (χ3n) is 7.14. The van der Waals surface area contributed by atoms with E-state index in [9.17, 15) is 10.1 Å². The number of aromatic nitrogens is 3. The number of methoxy groups -OCH3 is 1. The number of nitrogens with zero attached hydrogens (tertiary/aromatic N) is 5. The number of pyridine rings is 1. The molecule has 2 aromatic heterocycles. The second kappa shape index (κ2) is 12.2. The molecule has 0 radical (unpaired) electrons. The third kappa shape index (κ3) is 6.79. The smallest absolute Gasteiger partial charge is 0.407 e. The Hall–Kier alpha value is -3.82. The molecular formula is C30H38F2N6O4. The fourth-order valence-electron chi connectivity index (χ4n) is 5.07. The van der Waals surface area contributed by atoms with E-state index in [0.29, 0.717) is 43.0 Å². The predicted molar refractivity (Wildman–Crippen MR) is 154 cm³/mol. The van der Waals surface area contributed by atoms with Crippen LogP contribution in [0.1, 0.15) is 51.1 Å². The molecule has 1 N–H and O–H groups in total. The van der Waals surface area contributed by atoms with Crippen molar-refractivity contribution in [1.82, 2.24) is 19.9 Å². The minimum Gasteiger partial charge on any atom is -0.444 e. The number of anilines is 1. The van der Waals surface area contributed by atoms with Crippen LogP contribution in [0.4, 0.5) is 19.4 Å². The maximum Gasteiger partial charge on any atom is 0.407 e. The summed E-state index contributed by atoms with van der Waals surface area (Å²) in [6, 6.07) is 11.6. The van der Waals surface area contributed by atoms with Crippen molar-refractivity contribution in [3.8, 4) is 17.2 Å². The van der Waals surface area contributed by atoms with Crippen LogP contribution in [-0.4, -0.2) is 72.9 Å². The molecule has 10 nitrogen and oxygen atoms in total. The van der Waals surface area contributed by atoms with Gasteiger partial charge in [-0.1, -0.05) is 37.3 Å². The minimum atomic E-state index is -3.50. The van der Waals surface area contributed by atoms with E-state index in [-0.39, 0.29) is 29.8 Å². The number of alkyl halides is 2. The van der Waals surface area contributed by atoms with Crippen LogP contribution in [0.15, 0.2) is 30.3 Å². The van der Waals surface area contributed by atoms with E-state index in [1.807, 2.05) is 30.3 Å². The number of fused-ring (bicyclic) bond motifs is 1. The molecular weight excluding hydrogens is 546 g/mol. The van der Waals surface area contributed by atoms with Crippen molar-refractivity contribution in [1.29, 1.82) is 5.26 Å². The molecule has 0 bridgehead atoms. The number of halogens is 2. The molecule has 4 rings (SSSR count). The summed E-state index contributed by atoms with van der Waals surface area (Å²) in [7, 11) is 1.46. The molecule has 3 aromatic rings. The van der Waals surface area contributed by atoms with Crippen molar-refractivity contribution in [2.75, 3.05) is 51.5 Å². The van der Waals surface area contributed by atoms with Gasteiger partial charge in [-0.25, -0.2) is 9.78 Å².